The summed E-state index contributed by atoms with van der Waals surface area (Å²) in [5.74, 6) is -0.936. The minimum Gasteiger partial charge on any atom is -0.352 e. The molecule has 0 bridgehead atoms. The van der Waals surface area contributed by atoms with Crippen LogP contribution >= 0.6 is 0 Å². The van der Waals surface area contributed by atoms with Crippen LogP contribution in [0.5, 0.6) is 0 Å². The summed E-state index contributed by atoms with van der Waals surface area (Å²) in [5.41, 5.74) is -1.11. The van der Waals surface area contributed by atoms with Crippen molar-refractivity contribution in [2.75, 3.05) is 0 Å². The number of carbonyl (C=O) groups excluding carboxylic acids is 1. The maximum absolute atomic E-state index is 12.9. The molecule has 11 heteroatoms. The molecule has 29 heavy (non-hydrogen) atoms. The largest absolute Gasteiger partial charge is 0.416 e. The highest BCUT2D eigenvalue weighted by Crippen LogP contribution is 2.32. The van der Waals surface area contributed by atoms with Crippen LogP contribution in [0.25, 0.3) is 0 Å². The Morgan fingerprint density at radius 1 is 0.931 bits per heavy atom. The number of nitrogens with one attached hydrogen (secondary N) is 1. The monoisotopic (exact) mass is 439 g/mol. The molecule has 0 aliphatic carbocycles. The molecule has 0 atom stereocenters. The minimum atomic E-state index is -4.74. The lowest BCUT2D eigenvalue weighted by Gasteiger charge is -2.13. The smallest absolute Gasteiger partial charge is 0.352 e. The van der Waals surface area contributed by atoms with E-state index in [1.54, 1.807) is 0 Å². The van der Waals surface area contributed by atoms with E-state index in [1.165, 1.54) is 18.2 Å². The second kappa shape index (κ2) is 8.44. The van der Waals surface area contributed by atoms with Gasteiger partial charge < -0.3 is 5.32 Å². The topological polar surface area (TPSA) is 63.2 Å². The van der Waals surface area contributed by atoms with E-state index in [-0.39, 0.29) is 10.5 Å². The van der Waals surface area contributed by atoms with Gasteiger partial charge in [-0.1, -0.05) is 24.3 Å². The van der Waals surface area contributed by atoms with Crippen molar-refractivity contribution in [2.24, 2.45) is 0 Å². The van der Waals surface area contributed by atoms with E-state index < -0.39 is 57.9 Å². The number of alkyl halides is 6. The third-order valence-corrected chi connectivity index (χ3v) is 5.70. The van der Waals surface area contributed by atoms with Crippen LogP contribution in [0.2, 0.25) is 0 Å². The Kier molecular flexibility index (Phi) is 6.61. The Morgan fingerprint density at radius 2 is 1.59 bits per heavy atom. The molecule has 2 aromatic rings. The summed E-state index contributed by atoms with van der Waals surface area (Å²) in [7, 11) is -4.37. The van der Waals surface area contributed by atoms with Gasteiger partial charge in [-0.25, -0.2) is 8.42 Å². The first-order valence-electron chi connectivity index (χ1n) is 8.14. The predicted octanol–water partition coefficient (Wildman–Crippen LogP) is 4.50. The lowest BCUT2D eigenvalue weighted by molar-refractivity contribution is -0.144. The van der Waals surface area contributed by atoms with E-state index >= 15 is 0 Å². The molecule has 2 rings (SSSR count). The zero-order valence-electron chi connectivity index (χ0n) is 14.6. The molecule has 0 heterocycles. The van der Waals surface area contributed by atoms with Crippen molar-refractivity contribution in [1.29, 1.82) is 0 Å². The molecule has 2 aromatic carbocycles. The molecule has 1 amide bonds. The van der Waals surface area contributed by atoms with Crippen LogP contribution in [0.15, 0.2) is 58.3 Å². The van der Waals surface area contributed by atoms with Gasteiger partial charge in [-0.05, 0) is 29.8 Å². The molecule has 0 saturated carbocycles. The number of halogens is 6. The fourth-order valence-electron chi connectivity index (χ4n) is 2.42. The van der Waals surface area contributed by atoms with Crippen molar-refractivity contribution in [3.05, 3.63) is 59.7 Å². The zero-order chi connectivity index (χ0) is 21.9. The summed E-state index contributed by atoms with van der Waals surface area (Å²) >= 11 is 0. The van der Waals surface area contributed by atoms with Crippen molar-refractivity contribution in [2.45, 2.75) is 41.5 Å². The van der Waals surface area contributed by atoms with E-state index in [1.807, 2.05) is 0 Å². The van der Waals surface area contributed by atoms with Gasteiger partial charge in [0.05, 0.1) is 21.8 Å². The van der Waals surface area contributed by atoms with Crippen LogP contribution < -0.4 is 5.32 Å². The van der Waals surface area contributed by atoms with Gasteiger partial charge in [-0.2, -0.15) is 26.3 Å². The Balaban J connectivity index is 2.27. The average Bonchev–Trinajstić information content (AvgIpc) is 2.63. The van der Waals surface area contributed by atoms with Crippen LogP contribution in [0.4, 0.5) is 26.3 Å². The van der Waals surface area contributed by atoms with Crippen LogP contribution in [-0.4, -0.2) is 20.5 Å². The highest BCUT2D eigenvalue weighted by molar-refractivity contribution is 7.91. The van der Waals surface area contributed by atoms with Crippen LogP contribution in [0, 0.1) is 0 Å². The molecule has 1 N–H and O–H groups in total. The summed E-state index contributed by atoms with van der Waals surface area (Å²) in [6.45, 7) is -0.398. The number of hydrogen-bond donors (Lipinski definition) is 1. The van der Waals surface area contributed by atoms with Crippen LogP contribution in [-0.2, 0) is 27.4 Å². The molecule has 0 aliphatic heterocycles. The normalized spacial score (nSPS) is 12.6. The fraction of sp³-hybridized carbons (Fsp3) is 0.278. The van der Waals surface area contributed by atoms with Crippen molar-refractivity contribution >= 4 is 15.7 Å². The number of amides is 1. The van der Waals surface area contributed by atoms with Gasteiger partial charge in [0.15, 0.2) is 0 Å². The molecule has 0 fully saturated rings. The predicted molar refractivity (Wildman–Crippen MR) is 90.5 cm³/mol. The molecule has 0 spiro atoms. The lowest BCUT2D eigenvalue weighted by Crippen LogP contribution is -2.25. The summed E-state index contributed by atoms with van der Waals surface area (Å²) in [4.78, 5) is 10.6. The second-order valence-electron chi connectivity index (χ2n) is 6.03. The molecule has 0 saturated heterocycles. The zero-order valence-corrected chi connectivity index (χ0v) is 15.5. The number of carbonyl (C=O) groups is 1. The Hall–Kier alpha value is -2.56. The van der Waals surface area contributed by atoms with Crippen LogP contribution in [0.1, 0.15) is 24.0 Å². The third-order valence-electron chi connectivity index (χ3n) is 3.85. The van der Waals surface area contributed by atoms with Gasteiger partial charge in [-0.3, -0.25) is 4.79 Å². The molecule has 0 aliphatic rings. The molecule has 0 unspecified atom stereocenters. The van der Waals surface area contributed by atoms with E-state index in [9.17, 15) is 39.6 Å². The minimum absolute atomic E-state index is 0.0327. The van der Waals surface area contributed by atoms with Crippen molar-refractivity contribution in [3.63, 3.8) is 0 Å². The first-order valence-corrected chi connectivity index (χ1v) is 9.63. The summed E-state index contributed by atoms with van der Waals surface area (Å²) in [6, 6.07) is 8.41. The van der Waals surface area contributed by atoms with Crippen LogP contribution in [0.3, 0.4) is 0 Å². The second-order valence-corrected chi connectivity index (χ2v) is 7.95. The van der Waals surface area contributed by atoms with E-state index in [2.05, 4.69) is 5.32 Å². The van der Waals surface area contributed by atoms with Gasteiger partial charge in [0.25, 0.3) is 0 Å². The quantitative estimate of drug-likeness (QED) is 0.675. The third kappa shape index (κ3) is 6.21. The van der Waals surface area contributed by atoms with Crippen molar-refractivity contribution < 1.29 is 39.6 Å². The van der Waals surface area contributed by atoms with E-state index in [0.29, 0.717) is 6.07 Å². The average molecular weight is 439 g/mol. The Bertz CT molecular complexity index is 984. The number of sulfone groups is 1. The summed E-state index contributed by atoms with van der Waals surface area (Å²) in [5, 5.41) is 2.19. The summed E-state index contributed by atoms with van der Waals surface area (Å²) < 4.78 is 101. The summed E-state index contributed by atoms with van der Waals surface area (Å²) in [6.07, 6.45) is -11.4. The number of hydrogen-bond acceptors (Lipinski definition) is 3. The SMILES string of the molecule is O=C(CCC(F)(F)F)NCc1ccccc1S(=O)(=O)c1cccc(C(F)(F)F)c1. The van der Waals surface area contributed by atoms with Gasteiger partial charge in [-0.15, -0.1) is 0 Å². The highest BCUT2D eigenvalue weighted by atomic mass is 32.2. The molecule has 4 nitrogen and oxygen atoms in total. The van der Waals surface area contributed by atoms with Crippen molar-refractivity contribution in [3.8, 4) is 0 Å². The fourth-order valence-corrected chi connectivity index (χ4v) is 3.95. The lowest BCUT2D eigenvalue weighted by atomic mass is 10.2. The van der Waals surface area contributed by atoms with Gasteiger partial charge >= 0.3 is 12.4 Å². The van der Waals surface area contributed by atoms with E-state index in [0.717, 1.165) is 24.3 Å². The maximum Gasteiger partial charge on any atom is 0.416 e. The first-order chi connectivity index (χ1) is 13.3. The molecule has 158 valence electrons. The standard InChI is InChI=1S/C18H15F6NO3S/c19-17(20,21)9-8-16(26)25-11-12-4-1-2-7-15(12)29(27,28)14-6-3-5-13(10-14)18(22,23)24/h1-7,10H,8-9,11H2,(H,25,26). The van der Waals surface area contributed by atoms with Gasteiger partial charge in [0, 0.05) is 13.0 Å². The highest BCUT2D eigenvalue weighted by Gasteiger charge is 2.32. The molecular weight excluding hydrogens is 424 g/mol. The molecule has 0 radical (unpaired) electrons. The first kappa shape index (κ1) is 22.7. The van der Waals surface area contributed by atoms with Crippen molar-refractivity contribution in [1.82, 2.24) is 5.32 Å². The molecule has 0 aromatic heterocycles. The number of benzene rings is 2. The van der Waals surface area contributed by atoms with Gasteiger partial charge in [0.1, 0.15) is 0 Å². The Labute approximate surface area is 162 Å². The maximum atomic E-state index is 12.9. The molecular formula is C18H15F6NO3S. The Morgan fingerprint density at radius 3 is 2.21 bits per heavy atom. The van der Waals surface area contributed by atoms with E-state index in [4.69, 9.17) is 0 Å². The van der Waals surface area contributed by atoms with Gasteiger partial charge in [0.2, 0.25) is 15.7 Å². The number of rotatable bonds is 6.